The number of nitrogens with zero attached hydrogens (tertiary/aromatic N) is 4. The molecule has 0 aliphatic carbocycles. The van der Waals surface area contributed by atoms with Crippen LogP contribution in [0, 0.1) is 0 Å². The van der Waals surface area contributed by atoms with E-state index in [0.717, 1.165) is 5.56 Å². The Hall–Kier alpha value is -2.28. The van der Waals surface area contributed by atoms with Crippen molar-refractivity contribution in [3.8, 4) is 11.4 Å². The zero-order valence-electron chi connectivity index (χ0n) is 12.2. The zero-order valence-corrected chi connectivity index (χ0v) is 12.9. The summed E-state index contributed by atoms with van der Waals surface area (Å²) in [6, 6.07) is 10.6. The normalized spacial score (nSPS) is 12.3. The monoisotopic (exact) mass is 330 g/mol. The predicted molar refractivity (Wildman–Crippen MR) is 85.9 cm³/mol. The van der Waals surface area contributed by atoms with Crippen molar-refractivity contribution in [1.29, 1.82) is 0 Å². The minimum atomic E-state index is -1.03. The summed E-state index contributed by atoms with van der Waals surface area (Å²) < 4.78 is 1.48. The predicted octanol–water partition coefficient (Wildman–Crippen LogP) is 2.07. The standard InChI is InChI=1S/C16H15ClN4O2/c17-13-6-2-1-5-12(13)14(23)16-19-15(20-21(16)8-9-22)11-4-3-7-18-10-11/h1-7,10,14,22-23H,8-9H2. The van der Waals surface area contributed by atoms with Crippen LogP contribution in [0.4, 0.5) is 0 Å². The van der Waals surface area contributed by atoms with Crippen LogP contribution in [0.5, 0.6) is 0 Å². The minimum absolute atomic E-state index is 0.113. The molecule has 0 bridgehead atoms. The maximum atomic E-state index is 10.6. The van der Waals surface area contributed by atoms with Gasteiger partial charge in [0.25, 0.3) is 0 Å². The van der Waals surface area contributed by atoms with Gasteiger partial charge >= 0.3 is 0 Å². The SMILES string of the molecule is OCCn1nc(-c2cccnc2)nc1C(O)c1ccccc1Cl. The first kappa shape index (κ1) is 15.6. The van der Waals surface area contributed by atoms with E-state index >= 15 is 0 Å². The first-order valence-corrected chi connectivity index (χ1v) is 7.47. The largest absolute Gasteiger partial charge is 0.394 e. The zero-order chi connectivity index (χ0) is 16.2. The number of aromatic nitrogens is 4. The first-order valence-electron chi connectivity index (χ1n) is 7.09. The number of halogens is 1. The molecule has 1 unspecified atom stereocenters. The van der Waals surface area contributed by atoms with E-state index < -0.39 is 6.10 Å². The molecular weight excluding hydrogens is 316 g/mol. The lowest BCUT2D eigenvalue weighted by Crippen LogP contribution is -2.13. The second kappa shape index (κ2) is 6.87. The summed E-state index contributed by atoms with van der Waals surface area (Å²) in [4.78, 5) is 8.45. The third-order valence-electron chi connectivity index (χ3n) is 3.38. The molecule has 0 aliphatic rings. The summed E-state index contributed by atoms with van der Waals surface area (Å²) in [7, 11) is 0. The summed E-state index contributed by atoms with van der Waals surface area (Å²) in [5, 5.41) is 24.7. The van der Waals surface area contributed by atoms with Crippen molar-refractivity contribution in [2.75, 3.05) is 6.61 Å². The number of aliphatic hydroxyl groups excluding tert-OH is 2. The number of benzene rings is 1. The van der Waals surface area contributed by atoms with E-state index in [0.29, 0.717) is 22.2 Å². The molecule has 0 aliphatic heterocycles. The first-order chi connectivity index (χ1) is 11.2. The van der Waals surface area contributed by atoms with Crippen LogP contribution in [0.2, 0.25) is 5.02 Å². The minimum Gasteiger partial charge on any atom is -0.394 e. The molecule has 0 amide bonds. The number of hydrogen-bond acceptors (Lipinski definition) is 5. The second-order valence-electron chi connectivity index (χ2n) is 4.91. The molecule has 3 rings (SSSR count). The smallest absolute Gasteiger partial charge is 0.183 e. The molecule has 1 atom stereocenters. The van der Waals surface area contributed by atoms with Crippen molar-refractivity contribution in [2.24, 2.45) is 0 Å². The number of hydrogen-bond donors (Lipinski definition) is 2. The lowest BCUT2D eigenvalue weighted by atomic mass is 10.1. The van der Waals surface area contributed by atoms with Crippen LogP contribution in [0.25, 0.3) is 11.4 Å². The van der Waals surface area contributed by atoms with E-state index in [1.54, 1.807) is 42.7 Å². The molecule has 23 heavy (non-hydrogen) atoms. The molecule has 0 fully saturated rings. The number of pyridine rings is 1. The maximum Gasteiger partial charge on any atom is 0.183 e. The van der Waals surface area contributed by atoms with Crippen LogP contribution in [0.3, 0.4) is 0 Å². The molecule has 0 spiro atoms. The van der Waals surface area contributed by atoms with Crippen molar-refractivity contribution in [1.82, 2.24) is 19.7 Å². The fourth-order valence-corrected chi connectivity index (χ4v) is 2.51. The molecule has 0 saturated carbocycles. The van der Waals surface area contributed by atoms with Gasteiger partial charge in [0.1, 0.15) is 6.10 Å². The Morgan fingerprint density at radius 1 is 1.17 bits per heavy atom. The van der Waals surface area contributed by atoms with E-state index in [1.807, 2.05) is 6.07 Å². The van der Waals surface area contributed by atoms with Gasteiger partial charge in [-0.2, -0.15) is 5.10 Å². The summed E-state index contributed by atoms with van der Waals surface area (Å²) in [6.45, 7) is 0.113. The quantitative estimate of drug-likeness (QED) is 0.748. The molecule has 2 aromatic heterocycles. The van der Waals surface area contributed by atoms with Crippen molar-refractivity contribution >= 4 is 11.6 Å². The van der Waals surface area contributed by atoms with Crippen LogP contribution in [-0.4, -0.2) is 36.6 Å². The lowest BCUT2D eigenvalue weighted by Gasteiger charge is -2.12. The van der Waals surface area contributed by atoms with Crippen LogP contribution in [0.1, 0.15) is 17.5 Å². The van der Waals surface area contributed by atoms with Gasteiger partial charge in [0, 0.05) is 28.5 Å². The van der Waals surface area contributed by atoms with Gasteiger partial charge < -0.3 is 10.2 Å². The third kappa shape index (κ3) is 3.24. The molecule has 7 heteroatoms. The molecule has 1 aromatic carbocycles. The van der Waals surface area contributed by atoms with Crippen molar-refractivity contribution in [3.63, 3.8) is 0 Å². The Labute approximate surface area is 138 Å². The summed E-state index contributed by atoms with van der Waals surface area (Å²) in [5.74, 6) is 0.763. The fourth-order valence-electron chi connectivity index (χ4n) is 2.27. The van der Waals surface area contributed by atoms with E-state index in [2.05, 4.69) is 15.1 Å². The van der Waals surface area contributed by atoms with Gasteiger partial charge in [0.2, 0.25) is 0 Å². The highest BCUT2D eigenvalue weighted by atomic mass is 35.5. The topological polar surface area (TPSA) is 84.1 Å². The third-order valence-corrected chi connectivity index (χ3v) is 3.72. The molecule has 2 heterocycles. The van der Waals surface area contributed by atoms with E-state index in [1.165, 1.54) is 4.68 Å². The van der Waals surface area contributed by atoms with Gasteiger partial charge in [-0.3, -0.25) is 4.98 Å². The Bertz CT molecular complexity index is 792. The molecule has 3 aromatic rings. The highest BCUT2D eigenvalue weighted by Crippen LogP contribution is 2.28. The van der Waals surface area contributed by atoms with Crippen LogP contribution >= 0.6 is 11.6 Å². The Morgan fingerprint density at radius 3 is 2.70 bits per heavy atom. The Morgan fingerprint density at radius 2 is 2.00 bits per heavy atom. The fraction of sp³-hybridized carbons (Fsp3) is 0.188. The van der Waals surface area contributed by atoms with Crippen LogP contribution in [-0.2, 0) is 6.54 Å². The maximum absolute atomic E-state index is 10.6. The van der Waals surface area contributed by atoms with Crippen molar-refractivity contribution in [3.05, 3.63) is 65.2 Å². The average molecular weight is 331 g/mol. The van der Waals surface area contributed by atoms with Gasteiger partial charge in [-0.25, -0.2) is 9.67 Å². The molecule has 6 nitrogen and oxygen atoms in total. The molecule has 118 valence electrons. The van der Waals surface area contributed by atoms with Crippen LogP contribution < -0.4 is 0 Å². The van der Waals surface area contributed by atoms with E-state index in [-0.39, 0.29) is 13.2 Å². The van der Waals surface area contributed by atoms with Crippen LogP contribution in [0.15, 0.2) is 48.8 Å². The van der Waals surface area contributed by atoms with E-state index in [4.69, 9.17) is 11.6 Å². The van der Waals surface area contributed by atoms with Gasteiger partial charge in [0.15, 0.2) is 11.6 Å². The van der Waals surface area contributed by atoms with Gasteiger partial charge in [-0.05, 0) is 18.2 Å². The van der Waals surface area contributed by atoms with E-state index in [9.17, 15) is 10.2 Å². The lowest BCUT2D eigenvalue weighted by molar-refractivity contribution is 0.195. The van der Waals surface area contributed by atoms with Crippen molar-refractivity contribution < 1.29 is 10.2 Å². The Kier molecular flexibility index (Phi) is 4.66. The van der Waals surface area contributed by atoms with Gasteiger partial charge in [-0.15, -0.1) is 0 Å². The summed E-state index contributed by atoms with van der Waals surface area (Å²) in [6.07, 6.45) is 2.27. The van der Waals surface area contributed by atoms with Gasteiger partial charge in [-0.1, -0.05) is 29.8 Å². The highest BCUT2D eigenvalue weighted by molar-refractivity contribution is 6.31. The molecule has 0 saturated heterocycles. The molecule has 0 radical (unpaired) electrons. The number of aliphatic hydroxyl groups is 2. The summed E-state index contributed by atoms with van der Waals surface area (Å²) in [5.41, 5.74) is 1.27. The number of rotatable bonds is 5. The van der Waals surface area contributed by atoms with Crippen molar-refractivity contribution in [2.45, 2.75) is 12.6 Å². The highest BCUT2D eigenvalue weighted by Gasteiger charge is 2.22. The molecule has 2 N–H and O–H groups in total. The second-order valence-corrected chi connectivity index (χ2v) is 5.31. The Balaban J connectivity index is 2.04. The van der Waals surface area contributed by atoms with Gasteiger partial charge in [0.05, 0.1) is 13.2 Å². The summed E-state index contributed by atoms with van der Waals surface area (Å²) >= 11 is 6.15. The average Bonchev–Trinajstić information content (AvgIpc) is 3.00. The molecular formula is C16H15ClN4O2.